The second-order valence-corrected chi connectivity index (χ2v) is 13.2. The van der Waals surface area contributed by atoms with Crippen LogP contribution in [0.5, 0.6) is 0 Å². The SMILES string of the molecule is Cc1ccc2sc(N(CCCN(C)C)C(=O)C3CCN(S(=O)(=O)c4cccs4)CC3)nc2c1C. The Balaban J connectivity index is 1.53. The number of sulfonamides is 1. The molecular weight excluding hydrogens is 488 g/mol. The van der Waals surface area contributed by atoms with Gasteiger partial charge in [0.15, 0.2) is 5.13 Å². The van der Waals surface area contributed by atoms with E-state index in [1.807, 2.05) is 19.0 Å². The van der Waals surface area contributed by atoms with E-state index < -0.39 is 10.0 Å². The van der Waals surface area contributed by atoms with Crippen molar-refractivity contribution in [3.8, 4) is 0 Å². The number of carbonyl (C=O) groups is 1. The molecule has 7 nitrogen and oxygen atoms in total. The molecular formula is C24H32N4O3S3. The predicted molar refractivity (Wildman–Crippen MR) is 140 cm³/mol. The van der Waals surface area contributed by atoms with Gasteiger partial charge in [0.2, 0.25) is 5.91 Å². The van der Waals surface area contributed by atoms with Gasteiger partial charge in [-0.1, -0.05) is 23.5 Å². The van der Waals surface area contributed by atoms with Gasteiger partial charge in [0.1, 0.15) is 4.21 Å². The number of fused-ring (bicyclic) bond motifs is 1. The Labute approximate surface area is 210 Å². The van der Waals surface area contributed by atoms with E-state index in [0.717, 1.165) is 33.9 Å². The minimum Gasteiger partial charge on any atom is -0.309 e. The number of aryl methyl sites for hydroxylation is 2. The van der Waals surface area contributed by atoms with E-state index in [4.69, 9.17) is 4.98 Å². The van der Waals surface area contributed by atoms with Gasteiger partial charge in [0.05, 0.1) is 10.2 Å². The van der Waals surface area contributed by atoms with Crippen molar-refractivity contribution in [2.75, 3.05) is 45.2 Å². The van der Waals surface area contributed by atoms with Crippen LogP contribution in [0.25, 0.3) is 10.2 Å². The quantitative estimate of drug-likeness (QED) is 0.441. The lowest BCUT2D eigenvalue weighted by Gasteiger charge is -2.32. The number of benzene rings is 1. The van der Waals surface area contributed by atoms with E-state index >= 15 is 0 Å². The molecule has 0 spiro atoms. The third-order valence-electron chi connectivity index (χ3n) is 6.45. The average Bonchev–Trinajstić information content (AvgIpc) is 3.50. The Morgan fingerprint density at radius 1 is 1.15 bits per heavy atom. The Morgan fingerprint density at radius 2 is 1.88 bits per heavy atom. The van der Waals surface area contributed by atoms with Crippen molar-refractivity contribution < 1.29 is 13.2 Å². The van der Waals surface area contributed by atoms with Crippen molar-refractivity contribution in [2.24, 2.45) is 5.92 Å². The van der Waals surface area contributed by atoms with Crippen molar-refractivity contribution in [2.45, 2.75) is 37.3 Å². The fourth-order valence-corrected chi connectivity index (χ4v) is 7.95. The van der Waals surface area contributed by atoms with Gasteiger partial charge in [0, 0.05) is 25.6 Å². The number of piperidine rings is 1. The fourth-order valence-electron chi connectivity index (χ4n) is 4.28. The van der Waals surface area contributed by atoms with Gasteiger partial charge in [-0.3, -0.25) is 9.69 Å². The number of thiazole rings is 1. The van der Waals surface area contributed by atoms with E-state index in [2.05, 4.69) is 30.9 Å². The summed E-state index contributed by atoms with van der Waals surface area (Å²) in [6.07, 6.45) is 1.89. The summed E-state index contributed by atoms with van der Waals surface area (Å²) >= 11 is 2.79. The van der Waals surface area contributed by atoms with E-state index in [0.29, 0.717) is 36.7 Å². The molecule has 1 fully saturated rings. The summed E-state index contributed by atoms with van der Waals surface area (Å²) in [5.74, 6) is -0.149. The van der Waals surface area contributed by atoms with Gasteiger partial charge in [-0.05, 0) is 82.4 Å². The lowest BCUT2D eigenvalue weighted by molar-refractivity contribution is -0.123. The van der Waals surface area contributed by atoms with E-state index in [-0.39, 0.29) is 11.8 Å². The molecule has 1 saturated heterocycles. The van der Waals surface area contributed by atoms with Crippen LogP contribution in [0.3, 0.4) is 0 Å². The van der Waals surface area contributed by atoms with Gasteiger partial charge in [0.25, 0.3) is 10.0 Å². The molecule has 184 valence electrons. The number of hydrogen-bond acceptors (Lipinski definition) is 7. The lowest BCUT2D eigenvalue weighted by Crippen LogP contribution is -2.45. The van der Waals surface area contributed by atoms with Gasteiger partial charge in [-0.25, -0.2) is 13.4 Å². The molecule has 0 radical (unpaired) electrons. The third-order valence-corrected chi connectivity index (χ3v) is 10.8. The summed E-state index contributed by atoms with van der Waals surface area (Å²) in [5.41, 5.74) is 3.30. The van der Waals surface area contributed by atoms with Crippen LogP contribution in [0.15, 0.2) is 33.9 Å². The van der Waals surface area contributed by atoms with Crippen LogP contribution in [0, 0.1) is 19.8 Å². The number of amides is 1. The van der Waals surface area contributed by atoms with E-state index in [1.54, 1.807) is 28.8 Å². The number of carbonyl (C=O) groups excluding carboxylic acids is 1. The van der Waals surface area contributed by atoms with Crippen LogP contribution < -0.4 is 4.90 Å². The van der Waals surface area contributed by atoms with E-state index in [9.17, 15) is 13.2 Å². The Kier molecular flexibility index (Phi) is 7.73. The molecule has 3 aromatic rings. The lowest BCUT2D eigenvalue weighted by atomic mass is 9.96. The standard InChI is InChI=1S/C24H32N4O3S3/c1-17-8-9-20-22(18(17)2)25-24(33-20)28(13-6-12-26(3)4)23(29)19-10-14-27(15-11-19)34(30,31)21-7-5-16-32-21/h5,7-9,16,19H,6,10-15H2,1-4H3. The molecule has 10 heteroatoms. The van der Waals surface area contributed by atoms with Crippen molar-refractivity contribution in [1.29, 1.82) is 0 Å². The summed E-state index contributed by atoms with van der Waals surface area (Å²) < 4.78 is 28.7. The smallest absolute Gasteiger partial charge is 0.252 e. The second-order valence-electron chi connectivity index (χ2n) is 9.11. The average molecular weight is 521 g/mol. The van der Waals surface area contributed by atoms with Crippen molar-refractivity contribution >= 4 is 54.0 Å². The van der Waals surface area contributed by atoms with Gasteiger partial charge in [-0.15, -0.1) is 11.3 Å². The third kappa shape index (κ3) is 5.21. The van der Waals surface area contributed by atoms with Crippen molar-refractivity contribution in [3.05, 3.63) is 40.8 Å². The van der Waals surface area contributed by atoms with Gasteiger partial charge >= 0.3 is 0 Å². The van der Waals surface area contributed by atoms with Crippen molar-refractivity contribution in [1.82, 2.24) is 14.2 Å². The minimum absolute atomic E-state index is 0.0559. The molecule has 1 aliphatic heterocycles. The van der Waals surface area contributed by atoms with E-state index in [1.165, 1.54) is 21.2 Å². The first-order valence-electron chi connectivity index (χ1n) is 11.5. The predicted octanol–water partition coefficient (Wildman–Crippen LogP) is 4.36. The largest absolute Gasteiger partial charge is 0.309 e. The molecule has 3 heterocycles. The summed E-state index contributed by atoms with van der Waals surface area (Å²) in [7, 11) is 0.576. The van der Waals surface area contributed by atoms with Gasteiger partial charge in [-0.2, -0.15) is 4.31 Å². The Hall–Kier alpha value is -1.85. The summed E-state index contributed by atoms with van der Waals surface area (Å²) in [6.45, 7) is 6.35. The molecule has 4 rings (SSSR count). The van der Waals surface area contributed by atoms with Crippen LogP contribution in [-0.2, 0) is 14.8 Å². The van der Waals surface area contributed by atoms with Crippen molar-refractivity contribution in [3.63, 3.8) is 0 Å². The molecule has 0 bridgehead atoms. The first-order chi connectivity index (χ1) is 16.2. The van der Waals surface area contributed by atoms with Crippen LogP contribution in [-0.4, -0.2) is 68.8 Å². The maximum absolute atomic E-state index is 13.7. The molecule has 0 saturated carbocycles. The molecule has 0 aliphatic carbocycles. The normalized spacial score (nSPS) is 15.9. The van der Waals surface area contributed by atoms with Crippen LogP contribution >= 0.6 is 22.7 Å². The molecule has 1 amide bonds. The number of anilines is 1. The highest BCUT2D eigenvalue weighted by molar-refractivity contribution is 7.91. The second kappa shape index (κ2) is 10.4. The topological polar surface area (TPSA) is 73.8 Å². The zero-order valence-electron chi connectivity index (χ0n) is 20.2. The number of hydrogen-bond donors (Lipinski definition) is 0. The maximum Gasteiger partial charge on any atom is 0.252 e. The monoisotopic (exact) mass is 520 g/mol. The van der Waals surface area contributed by atoms with Crippen LogP contribution in [0.4, 0.5) is 5.13 Å². The number of nitrogens with zero attached hydrogens (tertiary/aromatic N) is 4. The first kappa shape index (κ1) is 25.2. The molecule has 1 aliphatic rings. The Bertz CT molecular complexity index is 1240. The first-order valence-corrected chi connectivity index (χ1v) is 14.7. The fraction of sp³-hybridized carbons (Fsp3) is 0.500. The summed E-state index contributed by atoms with van der Waals surface area (Å²) in [4.78, 5) is 22.5. The molecule has 0 N–H and O–H groups in total. The number of aromatic nitrogens is 1. The summed E-state index contributed by atoms with van der Waals surface area (Å²) in [6, 6.07) is 7.57. The number of rotatable bonds is 8. The zero-order valence-corrected chi connectivity index (χ0v) is 22.6. The van der Waals surface area contributed by atoms with Crippen LogP contribution in [0.1, 0.15) is 30.4 Å². The Morgan fingerprint density at radius 3 is 2.53 bits per heavy atom. The van der Waals surface area contributed by atoms with Crippen LogP contribution in [0.2, 0.25) is 0 Å². The maximum atomic E-state index is 13.7. The zero-order chi connectivity index (χ0) is 24.5. The highest BCUT2D eigenvalue weighted by Gasteiger charge is 2.35. The number of thiophene rings is 1. The highest BCUT2D eigenvalue weighted by Crippen LogP contribution is 2.34. The minimum atomic E-state index is -3.48. The molecule has 34 heavy (non-hydrogen) atoms. The molecule has 0 unspecified atom stereocenters. The molecule has 1 aromatic carbocycles. The molecule has 2 aromatic heterocycles. The highest BCUT2D eigenvalue weighted by atomic mass is 32.2. The van der Waals surface area contributed by atoms with Gasteiger partial charge < -0.3 is 4.90 Å². The molecule has 0 atom stereocenters. The summed E-state index contributed by atoms with van der Waals surface area (Å²) in [5, 5.41) is 2.51.